The van der Waals surface area contributed by atoms with Crippen LogP contribution in [0.2, 0.25) is 0 Å². The Kier molecular flexibility index (Phi) is 21.3. The molecule has 2 N–H and O–H groups in total. The molecule has 2 saturated heterocycles. The summed E-state index contributed by atoms with van der Waals surface area (Å²) in [4.78, 5) is 85.2. The number of piperidine rings is 1. The minimum absolute atomic E-state index is 0.160. The maximum atomic E-state index is 14.1. The first-order chi connectivity index (χ1) is 36.4. The number of benzene rings is 2. The molecule has 0 saturated carbocycles. The zero-order valence-electron chi connectivity index (χ0n) is 47.9. The lowest BCUT2D eigenvalue weighted by Gasteiger charge is -2.35. The standard InChI is InChI=1S/C56H86N12O8S/c1-40(2)39-44(59-48-60-49(65-27-16-13-17-28-65)62-50(61-48)73-38-37-63(12)42-23-21-41(22-24-42)47-58-43-19-14-15-20-45(43)77-47)46(69)57-25-18-26-64-29-31-66(51(70)74-54(3,4)5)33-35-68(53(72)76-56(9,10)11)36-34-67(32-30-64)52(71)75-55(6,7)8/h14-15,19-24,40,44H,13,16-18,25-39H2,1-12H3,(H,57,69)(H,59,60,61,62)/t44-/m0/s1. The number of amides is 4. The van der Waals surface area contributed by atoms with Crippen molar-refractivity contribution in [3.8, 4) is 16.6 Å². The molecule has 4 aromatic rings. The zero-order valence-corrected chi connectivity index (χ0v) is 48.7. The molecule has 0 unspecified atom stereocenters. The van der Waals surface area contributed by atoms with Crippen molar-refractivity contribution in [2.75, 3.05) is 114 Å². The Balaban J connectivity index is 1.10. The number of fused-ring (bicyclic) bond motifs is 1. The van der Waals surface area contributed by atoms with E-state index in [2.05, 4.69) is 69.5 Å². The number of nitrogens with zero attached hydrogens (tertiary/aromatic N) is 10. The van der Waals surface area contributed by atoms with Crippen molar-refractivity contribution < 1.29 is 38.1 Å². The largest absolute Gasteiger partial charge is 0.461 e. The summed E-state index contributed by atoms with van der Waals surface area (Å²) in [5.74, 6) is 0.768. The van der Waals surface area contributed by atoms with E-state index in [0.717, 1.165) is 58.8 Å². The zero-order chi connectivity index (χ0) is 55.9. The molecule has 20 nitrogen and oxygen atoms in total. The number of nitrogens with one attached hydrogen (secondary N) is 2. The number of carbonyl (C=O) groups excluding carboxylic acids is 4. The molecule has 77 heavy (non-hydrogen) atoms. The smallest absolute Gasteiger partial charge is 0.410 e. The number of hydrogen-bond acceptors (Lipinski definition) is 17. The molecule has 4 amide bonds. The number of rotatable bonds is 16. The average molecular weight is 1090 g/mol. The molecule has 0 aliphatic carbocycles. The fourth-order valence-corrected chi connectivity index (χ4v) is 9.64. The Bertz CT molecular complexity index is 2460. The van der Waals surface area contributed by atoms with E-state index in [1.807, 2.05) is 66.8 Å². The summed E-state index contributed by atoms with van der Waals surface area (Å²) < 4.78 is 24.8. The highest BCUT2D eigenvalue weighted by Gasteiger charge is 2.30. The van der Waals surface area contributed by atoms with Gasteiger partial charge in [-0.15, -0.1) is 11.3 Å². The Hall–Kier alpha value is -6.22. The van der Waals surface area contributed by atoms with Crippen LogP contribution >= 0.6 is 11.3 Å². The topological polar surface area (TPSA) is 200 Å². The van der Waals surface area contributed by atoms with E-state index in [0.29, 0.717) is 71.2 Å². The van der Waals surface area contributed by atoms with Crippen LogP contribution in [0.15, 0.2) is 48.5 Å². The van der Waals surface area contributed by atoms with Gasteiger partial charge in [0.15, 0.2) is 0 Å². The van der Waals surface area contributed by atoms with E-state index in [1.165, 1.54) is 4.90 Å². The van der Waals surface area contributed by atoms with Crippen molar-refractivity contribution in [1.29, 1.82) is 0 Å². The maximum Gasteiger partial charge on any atom is 0.410 e. The molecule has 2 aromatic heterocycles. The van der Waals surface area contributed by atoms with Crippen LogP contribution in [-0.2, 0) is 19.0 Å². The minimum atomic E-state index is -0.749. The first kappa shape index (κ1) is 60.0. The molecule has 6 rings (SSSR count). The molecule has 2 aliphatic rings. The van der Waals surface area contributed by atoms with Crippen molar-refractivity contribution in [3.63, 3.8) is 0 Å². The van der Waals surface area contributed by atoms with Crippen LogP contribution in [0, 0.1) is 5.92 Å². The van der Waals surface area contributed by atoms with E-state index >= 15 is 0 Å². The van der Waals surface area contributed by atoms with Gasteiger partial charge in [0, 0.05) is 90.3 Å². The SMILES string of the molecule is CC(C)C[C@H](Nc1nc(OCCN(C)c2ccc(-c3nc4ccccc4s3)cc2)nc(N2CCCCC2)n1)C(=O)NCCCN1CCN(C(=O)OC(C)(C)C)CCN(C(=O)OC(C)(C)C)CCN(C(=O)OC(C)(C)C)CC1. The molecule has 2 fully saturated rings. The van der Waals surface area contributed by atoms with Crippen molar-refractivity contribution in [1.82, 2.24) is 44.9 Å². The van der Waals surface area contributed by atoms with E-state index in [9.17, 15) is 19.2 Å². The van der Waals surface area contributed by atoms with E-state index < -0.39 is 41.1 Å². The van der Waals surface area contributed by atoms with Crippen molar-refractivity contribution in [3.05, 3.63) is 48.5 Å². The second kappa shape index (κ2) is 27.4. The molecule has 21 heteroatoms. The Morgan fingerprint density at radius 2 is 1.22 bits per heavy atom. The Labute approximate surface area is 460 Å². The van der Waals surface area contributed by atoms with E-state index in [-0.39, 0.29) is 50.0 Å². The molecule has 0 radical (unpaired) electrons. The highest BCUT2D eigenvalue weighted by Crippen LogP contribution is 2.31. The van der Waals surface area contributed by atoms with Gasteiger partial charge in [-0.05, 0) is 143 Å². The van der Waals surface area contributed by atoms with Crippen LogP contribution in [-0.4, -0.2) is 185 Å². The van der Waals surface area contributed by atoms with Gasteiger partial charge in [0.2, 0.25) is 17.8 Å². The molecule has 2 aliphatic heterocycles. The number of carbonyl (C=O) groups is 4. The van der Waals surface area contributed by atoms with E-state index in [1.54, 1.807) is 41.9 Å². The highest BCUT2D eigenvalue weighted by atomic mass is 32.1. The van der Waals surface area contributed by atoms with Gasteiger partial charge in [-0.25, -0.2) is 19.4 Å². The summed E-state index contributed by atoms with van der Waals surface area (Å²) in [6.45, 7) is 26.0. The van der Waals surface area contributed by atoms with Crippen LogP contribution in [0.1, 0.15) is 108 Å². The van der Waals surface area contributed by atoms with Gasteiger partial charge in [0.25, 0.3) is 0 Å². The lowest BCUT2D eigenvalue weighted by atomic mass is 10.0. The lowest BCUT2D eigenvalue weighted by Crippen LogP contribution is -2.51. The van der Waals surface area contributed by atoms with Gasteiger partial charge in [-0.2, -0.15) is 15.0 Å². The first-order valence-electron chi connectivity index (χ1n) is 27.4. The Morgan fingerprint density at radius 1 is 0.675 bits per heavy atom. The number of anilines is 3. The molecular weight excluding hydrogens is 1000 g/mol. The van der Waals surface area contributed by atoms with Crippen molar-refractivity contribution in [2.24, 2.45) is 5.92 Å². The van der Waals surface area contributed by atoms with Crippen molar-refractivity contribution in [2.45, 2.75) is 131 Å². The fraction of sp³-hybridized carbons (Fsp3) is 0.643. The minimum Gasteiger partial charge on any atom is -0.461 e. The third-order valence-corrected chi connectivity index (χ3v) is 13.7. The lowest BCUT2D eigenvalue weighted by molar-refractivity contribution is -0.122. The second-order valence-corrected chi connectivity index (χ2v) is 24.3. The number of likely N-dealkylation sites (N-methyl/N-ethyl adjacent to an activating group) is 1. The third kappa shape index (κ3) is 19.9. The summed E-state index contributed by atoms with van der Waals surface area (Å²) in [6, 6.07) is 16.1. The van der Waals surface area contributed by atoms with Gasteiger partial charge in [-0.3, -0.25) is 9.69 Å². The van der Waals surface area contributed by atoms with Gasteiger partial charge in [0.1, 0.15) is 34.5 Å². The normalized spacial score (nSPS) is 16.1. The van der Waals surface area contributed by atoms with Crippen LogP contribution in [0.3, 0.4) is 0 Å². The van der Waals surface area contributed by atoms with Gasteiger partial charge < -0.3 is 54.1 Å². The number of aromatic nitrogens is 4. The quantitative estimate of drug-likeness (QED) is 0.0795. The molecular formula is C56H86N12O8S. The van der Waals surface area contributed by atoms with E-state index in [4.69, 9.17) is 38.9 Å². The first-order valence-corrected chi connectivity index (χ1v) is 28.2. The van der Waals surface area contributed by atoms with Gasteiger partial charge in [-0.1, -0.05) is 26.0 Å². The van der Waals surface area contributed by atoms with Gasteiger partial charge >= 0.3 is 24.3 Å². The third-order valence-electron chi connectivity index (χ3n) is 12.6. The average Bonchev–Trinajstić information content (AvgIpc) is 3.79. The molecule has 0 bridgehead atoms. The van der Waals surface area contributed by atoms with Crippen LogP contribution in [0.4, 0.5) is 32.0 Å². The summed E-state index contributed by atoms with van der Waals surface area (Å²) in [6.07, 6.45) is 2.78. The molecule has 4 heterocycles. The van der Waals surface area contributed by atoms with Crippen molar-refractivity contribution >= 4 is 63.3 Å². The Morgan fingerprint density at radius 3 is 1.75 bits per heavy atom. The summed E-state index contributed by atoms with van der Waals surface area (Å²) in [7, 11) is 2.02. The van der Waals surface area contributed by atoms with Gasteiger partial charge in [0.05, 0.1) is 16.8 Å². The summed E-state index contributed by atoms with van der Waals surface area (Å²) in [5, 5.41) is 7.50. The highest BCUT2D eigenvalue weighted by molar-refractivity contribution is 7.21. The summed E-state index contributed by atoms with van der Waals surface area (Å²) >= 11 is 1.68. The predicted molar refractivity (Wildman–Crippen MR) is 304 cm³/mol. The van der Waals surface area contributed by atoms with Crippen LogP contribution in [0.5, 0.6) is 6.01 Å². The molecule has 424 valence electrons. The second-order valence-electron chi connectivity index (χ2n) is 23.3. The van der Waals surface area contributed by atoms with Crippen LogP contribution in [0.25, 0.3) is 20.8 Å². The number of thiazole rings is 1. The summed E-state index contributed by atoms with van der Waals surface area (Å²) in [5.41, 5.74) is 0.889. The fourth-order valence-electron chi connectivity index (χ4n) is 8.67. The molecule has 1 atom stereocenters. The number of hydrogen-bond donors (Lipinski definition) is 2. The molecule has 0 spiro atoms. The predicted octanol–water partition coefficient (Wildman–Crippen LogP) is 9.01. The monoisotopic (exact) mass is 1090 g/mol. The number of ether oxygens (including phenoxy) is 4. The van der Waals surface area contributed by atoms with Crippen LogP contribution < -0.4 is 25.2 Å². The maximum absolute atomic E-state index is 14.1. The number of para-hydroxylation sites is 1. The molecule has 2 aromatic carbocycles.